The van der Waals surface area contributed by atoms with E-state index in [0.29, 0.717) is 5.82 Å². The summed E-state index contributed by atoms with van der Waals surface area (Å²) in [5.41, 5.74) is 5.75. The van der Waals surface area contributed by atoms with Gasteiger partial charge in [-0.1, -0.05) is 0 Å². The summed E-state index contributed by atoms with van der Waals surface area (Å²) in [4.78, 5) is 60.2. The predicted molar refractivity (Wildman–Crippen MR) is 122 cm³/mol. The summed E-state index contributed by atoms with van der Waals surface area (Å²) in [6.07, 6.45) is -4.87. The largest absolute Gasteiger partial charge is 0.467 e. The lowest BCUT2D eigenvalue weighted by Crippen LogP contribution is -2.65. The second kappa shape index (κ2) is 11.9. The van der Waals surface area contributed by atoms with Crippen LogP contribution in [-0.2, 0) is 42.9 Å². The second-order valence-electron chi connectivity index (χ2n) is 8.48. The summed E-state index contributed by atoms with van der Waals surface area (Å²) < 4.78 is 27.1. The molecule has 2 aliphatic heterocycles. The van der Waals surface area contributed by atoms with E-state index in [1.54, 1.807) is 0 Å². The van der Waals surface area contributed by atoms with Gasteiger partial charge in [-0.3, -0.25) is 19.8 Å². The highest BCUT2D eigenvalue weighted by atomic mass is 16.8. The molecule has 3 heterocycles. The molecule has 0 amide bonds. The van der Waals surface area contributed by atoms with Gasteiger partial charge in [0.15, 0.2) is 18.3 Å². The molecule has 0 bridgehead atoms. The number of ether oxygens (including phenoxy) is 5. The first kappa shape index (κ1) is 27.7. The van der Waals surface area contributed by atoms with Crippen molar-refractivity contribution in [1.82, 2.24) is 9.71 Å². The molecule has 0 spiro atoms. The zero-order valence-electron chi connectivity index (χ0n) is 21.0. The maximum absolute atomic E-state index is 12.5. The minimum atomic E-state index is -1.66. The van der Waals surface area contributed by atoms with Crippen LogP contribution in [0.15, 0.2) is 6.07 Å². The molecule has 3 N–H and O–H groups in total. The molecule has 15 nitrogen and oxygen atoms in total. The fraction of sp³-hybridized carbons (Fsp3) is 0.636. The van der Waals surface area contributed by atoms with Crippen LogP contribution >= 0.6 is 0 Å². The molecular formula is C22H31N5O10. The van der Waals surface area contributed by atoms with Gasteiger partial charge in [-0.05, 0) is 19.3 Å². The fourth-order valence-electron chi connectivity index (χ4n) is 4.16. The molecule has 15 heteroatoms. The van der Waals surface area contributed by atoms with E-state index in [9.17, 15) is 19.2 Å². The van der Waals surface area contributed by atoms with Gasteiger partial charge in [0.2, 0.25) is 6.10 Å². The van der Waals surface area contributed by atoms with Crippen molar-refractivity contribution in [3.63, 3.8) is 0 Å². The zero-order valence-corrected chi connectivity index (χ0v) is 21.0. The topological polar surface area (TPSA) is 195 Å². The molecule has 2 saturated heterocycles. The number of aromatic nitrogens is 2. The monoisotopic (exact) mass is 525 g/mol. The smallest absolute Gasteiger partial charge is 0.339 e. The minimum absolute atomic E-state index is 0.0356. The van der Waals surface area contributed by atoms with Crippen LogP contribution in [0.2, 0.25) is 0 Å². The highest BCUT2D eigenvalue weighted by Crippen LogP contribution is 2.29. The van der Waals surface area contributed by atoms with Crippen LogP contribution in [0.4, 0.5) is 11.6 Å². The zero-order chi connectivity index (χ0) is 27.3. The van der Waals surface area contributed by atoms with E-state index in [-0.39, 0.29) is 5.82 Å². The SMILES string of the molecule is COC(=O)C1O[C@@H](On2c(N)cc(N3CCCCC3)nc2=N)C(OC(C)=O)C(OC(C)=O)[C@@H]1OC(C)=O. The molecule has 0 radical (unpaired) electrons. The Kier molecular flexibility index (Phi) is 8.91. The van der Waals surface area contributed by atoms with Crippen LogP contribution in [0, 0.1) is 5.41 Å². The third-order valence-corrected chi connectivity index (χ3v) is 5.65. The third-order valence-electron chi connectivity index (χ3n) is 5.65. The van der Waals surface area contributed by atoms with Gasteiger partial charge in [0.25, 0.3) is 11.9 Å². The number of nitrogens with zero attached hydrogens (tertiary/aromatic N) is 3. The van der Waals surface area contributed by atoms with Crippen molar-refractivity contribution in [3.05, 3.63) is 11.7 Å². The van der Waals surface area contributed by atoms with E-state index in [1.165, 1.54) is 6.07 Å². The number of nitrogens with one attached hydrogen (secondary N) is 1. The lowest BCUT2D eigenvalue weighted by Gasteiger charge is -2.42. The lowest BCUT2D eigenvalue weighted by molar-refractivity contribution is -0.301. The Morgan fingerprint density at radius 2 is 1.54 bits per heavy atom. The molecule has 5 atom stereocenters. The number of methoxy groups -OCH3 is 1. The Labute approximate surface area is 212 Å². The number of hydrogen-bond donors (Lipinski definition) is 2. The molecule has 204 valence electrons. The molecule has 3 rings (SSSR count). The van der Waals surface area contributed by atoms with Gasteiger partial charge >= 0.3 is 23.9 Å². The van der Waals surface area contributed by atoms with Crippen molar-refractivity contribution in [3.8, 4) is 0 Å². The van der Waals surface area contributed by atoms with Gasteiger partial charge in [0, 0.05) is 39.9 Å². The number of rotatable bonds is 7. The first-order chi connectivity index (χ1) is 17.5. The number of nitrogen functional groups attached to an aromatic ring is 1. The van der Waals surface area contributed by atoms with Crippen molar-refractivity contribution >= 4 is 35.5 Å². The Hall–Kier alpha value is -3.88. The third kappa shape index (κ3) is 6.67. The molecule has 37 heavy (non-hydrogen) atoms. The molecular weight excluding hydrogens is 494 g/mol. The number of carbonyl (C=O) groups excluding carboxylic acids is 4. The maximum Gasteiger partial charge on any atom is 0.339 e. The summed E-state index contributed by atoms with van der Waals surface area (Å²) in [6.45, 7) is 4.76. The summed E-state index contributed by atoms with van der Waals surface area (Å²) in [7, 11) is 1.07. The van der Waals surface area contributed by atoms with Crippen molar-refractivity contribution in [2.75, 3.05) is 30.8 Å². The van der Waals surface area contributed by atoms with Gasteiger partial charge in [0.05, 0.1) is 7.11 Å². The Morgan fingerprint density at radius 3 is 2.08 bits per heavy atom. The number of esters is 4. The summed E-state index contributed by atoms with van der Waals surface area (Å²) in [5.74, 6) is -3.01. The second-order valence-corrected chi connectivity index (χ2v) is 8.48. The summed E-state index contributed by atoms with van der Waals surface area (Å²) in [5, 5.41) is 8.37. The van der Waals surface area contributed by atoms with E-state index in [2.05, 4.69) is 4.98 Å². The molecule has 0 aromatic carbocycles. The predicted octanol–water partition coefficient (Wildman–Crippen LogP) is -0.943. The van der Waals surface area contributed by atoms with Crippen LogP contribution in [0.25, 0.3) is 0 Å². The number of anilines is 2. The average Bonchev–Trinajstić information content (AvgIpc) is 2.83. The van der Waals surface area contributed by atoms with Gasteiger partial charge in [0.1, 0.15) is 11.6 Å². The number of carbonyl (C=O) groups is 4. The first-order valence-corrected chi connectivity index (χ1v) is 11.6. The number of hydrogen-bond acceptors (Lipinski definition) is 14. The lowest BCUT2D eigenvalue weighted by atomic mass is 9.98. The molecule has 2 aliphatic rings. The highest BCUT2D eigenvalue weighted by molar-refractivity contribution is 5.77. The van der Waals surface area contributed by atoms with Crippen LogP contribution in [0.5, 0.6) is 0 Å². The van der Waals surface area contributed by atoms with Gasteiger partial charge in [-0.15, -0.1) is 4.73 Å². The van der Waals surface area contributed by atoms with Gasteiger partial charge in [-0.25, -0.2) is 4.79 Å². The number of nitrogens with two attached hydrogens (primary N) is 1. The first-order valence-electron chi connectivity index (χ1n) is 11.6. The van der Waals surface area contributed by atoms with E-state index >= 15 is 0 Å². The minimum Gasteiger partial charge on any atom is -0.467 e. The normalized spacial score (nSPS) is 25.5. The van der Waals surface area contributed by atoms with E-state index in [4.69, 9.17) is 39.7 Å². The Morgan fingerprint density at radius 1 is 0.973 bits per heavy atom. The summed E-state index contributed by atoms with van der Waals surface area (Å²) >= 11 is 0. The quantitative estimate of drug-likeness (QED) is 0.327. The van der Waals surface area contributed by atoms with Gasteiger partial charge in [-0.2, -0.15) is 4.98 Å². The Balaban J connectivity index is 2.01. The standard InChI is InChI=1S/C22H31N5O10/c1-11(28)33-16-17(34-12(2)29)19(35-13(3)30)21(36-18(16)20(31)32-4)37-27-14(23)10-15(25-22(27)24)26-8-6-5-7-9-26/h10,16-19,21,24H,5-9,23H2,1-4H3/t16-,17?,18?,19?,21-/m0/s1. The molecule has 3 unspecified atom stereocenters. The summed E-state index contributed by atoms with van der Waals surface area (Å²) in [6, 6.07) is 1.51. The highest BCUT2D eigenvalue weighted by Gasteiger charge is 2.56. The van der Waals surface area contributed by atoms with Crippen LogP contribution in [-0.4, -0.2) is 84.5 Å². The van der Waals surface area contributed by atoms with Crippen LogP contribution in [0.1, 0.15) is 40.0 Å². The van der Waals surface area contributed by atoms with Crippen molar-refractivity contribution in [2.45, 2.75) is 70.7 Å². The van der Waals surface area contributed by atoms with Gasteiger partial charge < -0.3 is 39.2 Å². The van der Waals surface area contributed by atoms with E-state index in [0.717, 1.165) is 65.0 Å². The van der Waals surface area contributed by atoms with Crippen LogP contribution in [0.3, 0.4) is 0 Å². The van der Waals surface area contributed by atoms with Crippen LogP contribution < -0.4 is 21.1 Å². The van der Waals surface area contributed by atoms with Crippen molar-refractivity contribution < 1.29 is 47.7 Å². The fourth-order valence-corrected chi connectivity index (χ4v) is 4.16. The van der Waals surface area contributed by atoms with Crippen molar-refractivity contribution in [1.29, 1.82) is 5.41 Å². The van der Waals surface area contributed by atoms with E-state index in [1.807, 2.05) is 4.90 Å². The molecule has 1 aromatic heterocycles. The average molecular weight is 526 g/mol. The molecule has 0 saturated carbocycles. The molecule has 1 aromatic rings. The molecule has 2 fully saturated rings. The molecule has 0 aliphatic carbocycles. The number of piperidine rings is 1. The Bertz CT molecular complexity index is 1090. The maximum atomic E-state index is 12.5. The van der Waals surface area contributed by atoms with Crippen molar-refractivity contribution in [2.24, 2.45) is 0 Å². The van der Waals surface area contributed by atoms with E-state index < -0.39 is 60.2 Å².